The van der Waals surface area contributed by atoms with Crippen LogP contribution >= 0.6 is 0 Å². The van der Waals surface area contributed by atoms with Crippen LogP contribution < -0.4 is 0 Å². The van der Waals surface area contributed by atoms with E-state index in [1.165, 1.54) is 0 Å². The normalized spacial score (nSPS) is 9.27. The first-order chi connectivity index (χ1) is 4.91. The van der Waals surface area contributed by atoms with Gasteiger partial charge in [0.2, 0.25) is 0 Å². The monoisotopic (exact) mass is 274 g/mol. The number of hydrogen-bond acceptors (Lipinski definition) is 4. The van der Waals surface area contributed by atoms with Gasteiger partial charge in [0, 0.05) is 0 Å². The Hall–Kier alpha value is 0.658. The van der Waals surface area contributed by atoms with Crippen molar-refractivity contribution in [1.29, 1.82) is 0 Å². The van der Waals surface area contributed by atoms with E-state index in [4.69, 9.17) is 19.7 Å². The third kappa shape index (κ3) is 13.6. The first-order valence-electron chi connectivity index (χ1n) is 3.29. The molecule has 0 amide bonds. The van der Waals surface area contributed by atoms with Crippen molar-refractivity contribution in [2.75, 3.05) is 39.6 Å². The Morgan fingerprint density at radius 2 is 1.09 bits per heavy atom. The maximum atomic E-state index is 8.26. The fraction of sp³-hybridized carbons (Fsp3) is 1.00. The average Bonchev–Trinajstić information content (AvgIpc) is 1.97. The molecule has 70 valence electrons. The SMILES string of the molecule is OCCOCCOCCO.[SbH3]. The summed E-state index contributed by atoms with van der Waals surface area (Å²) in [5, 5.41) is 16.5. The molecular formula is C6H17O4Sb. The molecule has 0 radical (unpaired) electrons. The van der Waals surface area contributed by atoms with Crippen LogP contribution in [0.2, 0.25) is 0 Å². The van der Waals surface area contributed by atoms with Gasteiger partial charge in [0.1, 0.15) is 0 Å². The van der Waals surface area contributed by atoms with E-state index in [2.05, 4.69) is 0 Å². The second-order valence-corrected chi connectivity index (χ2v) is 1.67. The van der Waals surface area contributed by atoms with Crippen molar-refractivity contribution < 1.29 is 19.7 Å². The van der Waals surface area contributed by atoms with Gasteiger partial charge in [-0.1, -0.05) is 0 Å². The van der Waals surface area contributed by atoms with Crippen LogP contribution in [0.4, 0.5) is 0 Å². The van der Waals surface area contributed by atoms with Crippen LogP contribution in [0.25, 0.3) is 0 Å². The van der Waals surface area contributed by atoms with Crippen molar-refractivity contribution in [1.82, 2.24) is 0 Å². The van der Waals surface area contributed by atoms with Gasteiger partial charge in [-0.3, -0.25) is 0 Å². The number of aliphatic hydroxyl groups excluding tert-OH is 2. The molecule has 0 aliphatic rings. The summed E-state index contributed by atoms with van der Waals surface area (Å²) in [5.41, 5.74) is 0. The van der Waals surface area contributed by atoms with Crippen LogP contribution in [0.5, 0.6) is 0 Å². The summed E-state index contributed by atoms with van der Waals surface area (Å²) in [6, 6.07) is 0. The Labute approximate surface area is 84.0 Å². The first kappa shape index (κ1) is 14.2. The average molecular weight is 275 g/mol. The van der Waals surface area contributed by atoms with E-state index in [1.807, 2.05) is 0 Å². The predicted molar refractivity (Wildman–Crippen MR) is 45.7 cm³/mol. The molecule has 5 heteroatoms. The Morgan fingerprint density at radius 3 is 1.36 bits per heavy atom. The third-order valence-electron chi connectivity index (χ3n) is 0.843. The van der Waals surface area contributed by atoms with Crippen LogP contribution in [-0.4, -0.2) is 74.3 Å². The van der Waals surface area contributed by atoms with Gasteiger partial charge in [-0.25, -0.2) is 0 Å². The summed E-state index contributed by atoms with van der Waals surface area (Å²) in [5.74, 6) is 0. The Morgan fingerprint density at radius 1 is 0.727 bits per heavy atom. The molecule has 2 N–H and O–H groups in total. The molecule has 0 aliphatic heterocycles. The summed E-state index contributed by atoms with van der Waals surface area (Å²) < 4.78 is 9.75. The van der Waals surface area contributed by atoms with Crippen LogP contribution in [0.3, 0.4) is 0 Å². The first-order valence-corrected chi connectivity index (χ1v) is 3.29. The molecule has 4 nitrogen and oxygen atoms in total. The Bertz CT molecular complexity index is 54.5. The van der Waals surface area contributed by atoms with E-state index in [0.717, 1.165) is 0 Å². The molecule has 0 saturated carbocycles. The van der Waals surface area contributed by atoms with Crippen molar-refractivity contribution in [3.05, 3.63) is 0 Å². The quantitative estimate of drug-likeness (QED) is 0.410. The number of rotatable bonds is 7. The zero-order valence-electron chi connectivity index (χ0n) is 6.66. The van der Waals surface area contributed by atoms with E-state index >= 15 is 0 Å². The zero-order valence-corrected chi connectivity index (χ0v) is 10.7. The molecule has 0 aromatic carbocycles. The second-order valence-electron chi connectivity index (χ2n) is 1.67. The fourth-order valence-corrected chi connectivity index (χ4v) is 0.451. The summed E-state index contributed by atoms with van der Waals surface area (Å²) in [4.78, 5) is 0. The summed E-state index contributed by atoms with van der Waals surface area (Å²) in [6.45, 7) is 1.73. The van der Waals surface area contributed by atoms with E-state index < -0.39 is 0 Å². The van der Waals surface area contributed by atoms with Crippen LogP contribution in [0, 0.1) is 0 Å². The summed E-state index contributed by atoms with van der Waals surface area (Å²) >= 11 is 0. The van der Waals surface area contributed by atoms with Gasteiger partial charge < -0.3 is 19.7 Å². The summed E-state index contributed by atoms with van der Waals surface area (Å²) in [7, 11) is 0. The topological polar surface area (TPSA) is 58.9 Å². The van der Waals surface area contributed by atoms with Gasteiger partial charge in [0.15, 0.2) is 0 Å². The van der Waals surface area contributed by atoms with Crippen LogP contribution in [0.1, 0.15) is 0 Å². The second kappa shape index (κ2) is 13.3. The molecule has 0 spiro atoms. The van der Waals surface area contributed by atoms with Gasteiger partial charge in [-0.15, -0.1) is 0 Å². The molecule has 0 unspecified atom stereocenters. The van der Waals surface area contributed by atoms with Crippen molar-refractivity contribution in [2.24, 2.45) is 0 Å². The Balaban J connectivity index is 0. The molecule has 0 atom stereocenters. The van der Waals surface area contributed by atoms with Crippen molar-refractivity contribution in [3.8, 4) is 0 Å². The zero-order chi connectivity index (χ0) is 7.66. The van der Waals surface area contributed by atoms with Gasteiger partial charge in [-0.2, -0.15) is 0 Å². The van der Waals surface area contributed by atoms with E-state index in [-0.39, 0.29) is 37.6 Å². The molecule has 0 saturated heterocycles. The molecule has 11 heavy (non-hydrogen) atoms. The number of hydrogen-bond donors (Lipinski definition) is 2. The van der Waals surface area contributed by atoms with E-state index in [0.29, 0.717) is 26.4 Å². The van der Waals surface area contributed by atoms with Crippen molar-refractivity contribution in [3.63, 3.8) is 0 Å². The number of ether oxygens (including phenoxy) is 2. The van der Waals surface area contributed by atoms with Crippen LogP contribution in [0.15, 0.2) is 0 Å². The van der Waals surface area contributed by atoms with Crippen molar-refractivity contribution >= 4 is 24.4 Å². The van der Waals surface area contributed by atoms with E-state index in [9.17, 15) is 0 Å². The molecule has 0 fully saturated rings. The van der Waals surface area contributed by atoms with Crippen LogP contribution in [-0.2, 0) is 9.47 Å². The van der Waals surface area contributed by atoms with Gasteiger partial charge in [-0.05, 0) is 0 Å². The van der Waals surface area contributed by atoms with Gasteiger partial charge in [0.05, 0.1) is 39.6 Å². The molecule has 0 rings (SSSR count). The van der Waals surface area contributed by atoms with E-state index in [1.54, 1.807) is 0 Å². The molecule has 0 aromatic heterocycles. The summed E-state index contributed by atoms with van der Waals surface area (Å²) in [6.07, 6.45) is 0. The minimum absolute atomic E-state index is 0. The van der Waals surface area contributed by atoms with Crippen molar-refractivity contribution in [2.45, 2.75) is 0 Å². The maximum absolute atomic E-state index is 8.26. The molecule has 0 aromatic rings. The molecular weight excluding hydrogens is 258 g/mol. The molecule has 0 heterocycles. The standard InChI is InChI=1S/C6H14O4.Sb.3H/c7-1-3-9-5-6-10-4-2-8;;;;/h7-8H,1-6H2;;;;. The fourth-order valence-electron chi connectivity index (χ4n) is 0.451. The van der Waals surface area contributed by atoms with Gasteiger partial charge >= 0.3 is 24.4 Å². The molecule has 0 aliphatic carbocycles. The minimum atomic E-state index is 0. The number of aliphatic hydroxyl groups is 2. The third-order valence-corrected chi connectivity index (χ3v) is 0.843. The predicted octanol–water partition coefficient (Wildman–Crippen LogP) is -2.18. The Kier molecular flexibility index (Phi) is 17.1. The van der Waals surface area contributed by atoms with Gasteiger partial charge in [0.25, 0.3) is 0 Å². The molecule has 0 bridgehead atoms.